The molecule has 4 heteroatoms. The first-order valence-electron chi connectivity index (χ1n) is 13.4. The average molecular weight is 472 g/mol. The maximum Gasteiger partial charge on any atom is 0.0565 e. The summed E-state index contributed by atoms with van der Waals surface area (Å²) in [5.74, 6) is 0.859. The first kappa shape index (κ1) is 22.3. The number of hydrogen-bond acceptors (Lipinski definition) is 4. The normalized spacial score (nSPS) is 19.6. The average Bonchev–Trinajstić information content (AvgIpc) is 3.07. The van der Waals surface area contributed by atoms with E-state index in [0.717, 1.165) is 38.5 Å². The summed E-state index contributed by atoms with van der Waals surface area (Å²) in [5, 5.41) is 2.94. The van der Waals surface area contributed by atoms with Gasteiger partial charge in [-0.1, -0.05) is 61.7 Å². The molecule has 2 fully saturated rings. The van der Waals surface area contributed by atoms with Gasteiger partial charge in [0.05, 0.1) is 5.69 Å². The number of rotatable bonds is 6. The molecule has 34 heavy (non-hydrogen) atoms. The molecule has 2 aliphatic heterocycles. The first-order chi connectivity index (χ1) is 16.8. The second kappa shape index (κ2) is 10.2. The third-order valence-electron chi connectivity index (χ3n) is 8.07. The van der Waals surface area contributed by atoms with Crippen molar-refractivity contribution in [3.8, 4) is 0 Å². The highest BCUT2D eigenvalue weighted by Crippen LogP contribution is 2.49. The summed E-state index contributed by atoms with van der Waals surface area (Å²) < 4.78 is 2.60. The zero-order valence-corrected chi connectivity index (χ0v) is 21.1. The van der Waals surface area contributed by atoms with Crippen LogP contribution in [0.1, 0.15) is 44.1 Å². The van der Waals surface area contributed by atoms with Crippen molar-refractivity contribution in [1.82, 2.24) is 4.90 Å². The minimum atomic E-state index is 0.859. The lowest BCUT2D eigenvalue weighted by Crippen LogP contribution is -2.32. The Kier molecular flexibility index (Phi) is 6.70. The highest BCUT2D eigenvalue weighted by Gasteiger charge is 2.28. The maximum absolute atomic E-state index is 2.66. The number of hydrogen-bond donors (Lipinski definition) is 0. The summed E-state index contributed by atoms with van der Waals surface area (Å²) in [5.41, 5.74) is 4.33. The van der Waals surface area contributed by atoms with Crippen molar-refractivity contribution in [1.29, 1.82) is 0 Å². The summed E-state index contributed by atoms with van der Waals surface area (Å²) in [6, 6.07) is 22.7. The molecule has 0 amide bonds. The van der Waals surface area contributed by atoms with E-state index in [4.69, 9.17) is 0 Å². The molecule has 178 valence electrons. The first-order valence-corrected chi connectivity index (χ1v) is 14.1. The Morgan fingerprint density at radius 1 is 0.735 bits per heavy atom. The molecular formula is C30H37N3S. The molecule has 1 aliphatic carbocycles. The van der Waals surface area contributed by atoms with E-state index in [1.54, 1.807) is 0 Å². The van der Waals surface area contributed by atoms with Crippen LogP contribution in [0.25, 0.3) is 10.8 Å². The SMILES string of the molecule is c1ccc(CCN2CCCN(c3ccc4c5c(cccc35)SN4CC3CCCCC3)CC2)cc1. The fraction of sp³-hybridized carbons (Fsp3) is 0.467. The highest BCUT2D eigenvalue weighted by atomic mass is 32.2. The van der Waals surface area contributed by atoms with Gasteiger partial charge in [-0.25, -0.2) is 0 Å². The molecule has 3 aliphatic rings. The van der Waals surface area contributed by atoms with Crippen molar-refractivity contribution in [2.75, 3.05) is 48.5 Å². The molecule has 2 heterocycles. The van der Waals surface area contributed by atoms with Gasteiger partial charge in [-0.3, -0.25) is 0 Å². The second-order valence-corrected chi connectivity index (χ2v) is 11.4. The van der Waals surface area contributed by atoms with Crippen LogP contribution in [-0.2, 0) is 6.42 Å². The van der Waals surface area contributed by atoms with Gasteiger partial charge in [0.15, 0.2) is 0 Å². The van der Waals surface area contributed by atoms with Crippen LogP contribution < -0.4 is 9.21 Å². The molecule has 3 nitrogen and oxygen atoms in total. The molecule has 0 spiro atoms. The molecule has 0 N–H and O–H groups in total. The van der Waals surface area contributed by atoms with Gasteiger partial charge in [-0.2, -0.15) is 0 Å². The van der Waals surface area contributed by atoms with Crippen LogP contribution in [0.4, 0.5) is 11.4 Å². The molecule has 1 saturated carbocycles. The van der Waals surface area contributed by atoms with Gasteiger partial charge < -0.3 is 14.1 Å². The largest absolute Gasteiger partial charge is 0.370 e. The Balaban J connectivity index is 1.17. The van der Waals surface area contributed by atoms with E-state index in [-0.39, 0.29) is 0 Å². The van der Waals surface area contributed by atoms with E-state index in [9.17, 15) is 0 Å². The van der Waals surface area contributed by atoms with Gasteiger partial charge in [-0.05, 0) is 73.9 Å². The van der Waals surface area contributed by atoms with E-state index in [1.807, 2.05) is 11.9 Å². The predicted octanol–water partition coefficient (Wildman–Crippen LogP) is 7.00. The Morgan fingerprint density at radius 3 is 2.47 bits per heavy atom. The molecule has 3 aromatic carbocycles. The smallest absolute Gasteiger partial charge is 0.0565 e. The summed E-state index contributed by atoms with van der Waals surface area (Å²) in [7, 11) is 0. The molecule has 0 bridgehead atoms. The Labute approximate surface area is 209 Å². The maximum atomic E-state index is 2.66. The van der Waals surface area contributed by atoms with Gasteiger partial charge in [0.2, 0.25) is 0 Å². The minimum absolute atomic E-state index is 0.859. The fourth-order valence-electron chi connectivity index (χ4n) is 6.17. The van der Waals surface area contributed by atoms with Crippen molar-refractivity contribution in [2.45, 2.75) is 49.8 Å². The summed E-state index contributed by atoms with van der Waals surface area (Å²) in [6.45, 7) is 6.99. The molecule has 1 saturated heterocycles. The van der Waals surface area contributed by atoms with Crippen LogP contribution in [0, 0.1) is 5.92 Å². The third-order valence-corrected chi connectivity index (χ3v) is 9.18. The van der Waals surface area contributed by atoms with Crippen molar-refractivity contribution in [2.24, 2.45) is 5.92 Å². The van der Waals surface area contributed by atoms with Gasteiger partial charge in [0.25, 0.3) is 0 Å². The van der Waals surface area contributed by atoms with Crippen LogP contribution >= 0.6 is 11.9 Å². The van der Waals surface area contributed by atoms with E-state index in [2.05, 4.69) is 74.8 Å². The predicted molar refractivity (Wildman–Crippen MR) is 147 cm³/mol. The Hall–Kier alpha value is -2.17. The van der Waals surface area contributed by atoms with E-state index >= 15 is 0 Å². The Morgan fingerprint density at radius 2 is 1.59 bits per heavy atom. The lowest BCUT2D eigenvalue weighted by molar-refractivity contribution is 0.297. The lowest BCUT2D eigenvalue weighted by atomic mass is 9.89. The van der Waals surface area contributed by atoms with E-state index in [0.29, 0.717) is 0 Å². The van der Waals surface area contributed by atoms with Gasteiger partial charge in [0.1, 0.15) is 0 Å². The summed E-state index contributed by atoms with van der Waals surface area (Å²) in [6.07, 6.45) is 9.47. The number of benzene rings is 3. The monoisotopic (exact) mass is 471 g/mol. The van der Waals surface area contributed by atoms with Crippen molar-refractivity contribution < 1.29 is 0 Å². The number of anilines is 2. The van der Waals surface area contributed by atoms with Crippen LogP contribution in [-0.4, -0.2) is 44.2 Å². The standard InChI is InChI=1S/C30H37N3S/c1-3-9-24(10-4-1)17-20-31-18-8-19-32(22-21-31)27-15-16-28-30-26(27)13-7-14-29(30)34-33(28)23-25-11-5-2-6-12-25/h1,3-4,7,9-10,13-16,25H,2,5-6,8,11-12,17-23H2. The second-order valence-electron chi connectivity index (χ2n) is 10.4. The van der Waals surface area contributed by atoms with E-state index in [1.165, 1.54) is 84.2 Å². The zero-order chi connectivity index (χ0) is 22.7. The van der Waals surface area contributed by atoms with Gasteiger partial charge in [0, 0.05) is 54.1 Å². The molecular weight excluding hydrogens is 434 g/mol. The molecule has 0 atom stereocenters. The third kappa shape index (κ3) is 4.67. The topological polar surface area (TPSA) is 9.72 Å². The van der Waals surface area contributed by atoms with E-state index < -0.39 is 0 Å². The Bertz CT molecular complexity index is 1110. The molecule has 0 unspecified atom stereocenters. The molecule has 6 rings (SSSR count). The lowest BCUT2D eigenvalue weighted by Gasteiger charge is -2.28. The van der Waals surface area contributed by atoms with Crippen molar-refractivity contribution in [3.05, 3.63) is 66.2 Å². The quantitative estimate of drug-likeness (QED) is 0.358. The highest BCUT2D eigenvalue weighted by molar-refractivity contribution is 8.01. The van der Waals surface area contributed by atoms with Crippen molar-refractivity contribution >= 4 is 34.1 Å². The van der Waals surface area contributed by atoms with Crippen molar-refractivity contribution in [3.63, 3.8) is 0 Å². The minimum Gasteiger partial charge on any atom is -0.370 e. The van der Waals surface area contributed by atoms with Crippen LogP contribution in [0.3, 0.4) is 0 Å². The van der Waals surface area contributed by atoms with Gasteiger partial charge in [-0.15, -0.1) is 0 Å². The van der Waals surface area contributed by atoms with Crippen LogP contribution in [0.5, 0.6) is 0 Å². The fourth-order valence-corrected chi connectivity index (χ4v) is 7.39. The number of nitrogens with zero attached hydrogens (tertiary/aromatic N) is 3. The summed E-state index contributed by atoms with van der Waals surface area (Å²) in [4.78, 5) is 6.76. The van der Waals surface area contributed by atoms with Crippen LogP contribution in [0.15, 0.2) is 65.6 Å². The molecule has 3 aromatic rings. The molecule has 0 radical (unpaired) electrons. The summed E-state index contributed by atoms with van der Waals surface area (Å²) >= 11 is 1.98. The van der Waals surface area contributed by atoms with Gasteiger partial charge >= 0.3 is 0 Å². The van der Waals surface area contributed by atoms with Crippen LogP contribution in [0.2, 0.25) is 0 Å². The molecule has 0 aromatic heterocycles. The zero-order valence-electron chi connectivity index (χ0n) is 20.3.